The van der Waals surface area contributed by atoms with Gasteiger partial charge in [-0.3, -0.25) is 0 Å². The van der Waals surface area contributed by atoms with Gasteiger partial charge in [-0.05, 0) is 44.8 Å². The van der Waals surface area contributed by atoms with Gasteiger partial charge in [0.1, 0.15) is 9.84 Å². The van der Waals surface area contributed by atoms with Crippen LogP contribution in [0.4, 0.5) is 0 Å². The molecule has 0 amide bonds. The first kappa shape index (κ1) is 14.9. The average molecular weight is 262 g/mol. The maximum absolute atomic E-state index is 11.1. The van der Waals surface area contributed by atoms with E-state index in [2.05, 4.69) is 11.8 Å². The number of rotatable bonds is 7. The van der Waals surface area contributed by atoms with E-state index in [0.29, 0.717) is 17.7 Å². The lowest BCUT2D eigenvalue weighted by molar-refractivity contribution is 0.171. The highest BCUT2D eigenvalue weighted by Gasteiger charge is 2.30. The summed E-state index contributed by atoms with van der Waals surface area (Å²) >= 11 is 0. The first-order chi connectivity index (χ1) is 7.98. The first-order valence-electron chi connectivity index (χ1n) is 6.59. The molecular formula is C12H26N2O2S. The number of nitrogens with zero attached hydrogens (tertiary/aromatic N) is 1. The SMILES string of the molecule is CCN(CCCS(C)(=O)=O)C1CCCC1CN. The maximum Gasteiger partial charge on any atom is 0.147 e. The van der Waals surface area contributed by atoms with Gasteiger partial charge in [0, 0.05) is 12.3 Å². The van der Waals surface area contributed by atoms with Gasteiger partial charge >= 0.3 is 0 Å². The summed E-state index contributed by atoms with van der Waals surface area (Å²) in [5.41, 5.74) is 5.79. The van der Waals surface area contributed by atoms with E-state index < -0.39 is 9.84 Å². The van der Waals surface area contributed by atoms with Gasteiger partial charge in [-0.25, -0.2) is 8.42 Å². The van der Waals surface area contributed by atoms with Gasteiger partial charge in [-0.2, -0.15) is 0 Å². The Labute approximate surface area is 105 Å². The lowest BCUT2D eigenvalue weighted by Crippen LogP contribution is -2.41. The van der Waals surface area contributed by atoms with E-state index >= 15 is 0 Å². The zero-order valence-electron chi connectivity index (χ0n) is 11.1. The summed E-state index contributed by atoms with van der Waals surface area (Å²) in [7, 11) is -2.82. The topological polar surface area (TPSA) is 63.4 Å². The molecule has 17 heavy (non-hydrogen) atoms. The molecule has 5 heteroatoms. The molecule has 0 saturated heterocycles. The standard InChI is InChI=1S/C12H26N2O2S/c1-3-14(8-5-9-17(2,15)16)12-7-4-6-11(12)10-13/h11-12H,3-10,13H2,1-2H3. The third-order valence-electron chi connectivity index (χ3n) is 3.76. The molecule has 0 aromatic rings. The molecule has 0 heterocycles. The molecule has 2 atom stereocenters. The predicted octanol–water partition coefficient (Wildman–Crippen LogP) is 0.870. The van der Waals surface area contributed by atoms with Crippen molar-refractivity contribution < 1.29 is 8.42 Å². The molecular weight excluding hydrogens is 236 g/mol. The average Bonchev–Trinajstić information content (AvgIpc) is 2.70. The lowest BCUT2D eigenvalue weighted by Gasteiger charge is -2.31. The minimum Gasteiger partial charge on any atom is -0.330 e. The molecule has 1 rings (SSSR count). The molecule has 1 saturated carbocycles. The second-order valence-electron chi connectivity index (χ2n) is 5.11. The van der Waals surface area contributed by atoms with Crippen LogP contribution >= 0.6 is 0 Å². The van der Waals surface area contributed by atoms with E-state index in [1.165, 1.54) is 25.5 Å². The minimum atomic E-state index is -2.82. The van der Waals surface area contributed by atoms with Crippen LogP contribution in [-0.2, 0) is 9.84 Å². The first-order valence-corrected chi connectivity index (χ1v) is 8.65. The second-order valence-corrected chi connectivity index (χ2v) is 7.37. The van der Waals surface area contributed by atoms with Crippen LogP contribution in [0.5, 0.6) is 0 Å². The fourth-order valence-corrected chi connectivity index (χ4v) is 3.51. The third kappa shape index (κ3) is 4.94. The third-order valence-corrected chi connectivity index (χ3v) is 4.79. The van der Waals surface area contributed by atoms with Crippen LogP contribution in [0.25, 0.3) is 0 Å². The van der Waals surface area contributed by atoms with E-state index in [4.69, 9.17) is 5.73 Å². The van der Waals surface area contributed by atoms with Crippen LogP contribution < -0.4 is 5.73 Å². The van der Waals surface area contributed by atoms with Gasteiger partial charge < -0.3 is 10.6 Å². The van der Waals surface area contributed by atoms with E-state index in [1.807, 2.05) is 0 Å². The molecule has 1 aliphatic rings. The van der Waals surface area contributed by atoms with Crippen molar-refractivity contribution in [2.75, 3.05) is 31.6 Å². The Morgan fingerprint density at radius 1 is 1.35 bits per heavy atom. The Morgan fingerprint density at radius 2 is 2.06 bits per heavy atom. The Hall–Kier alpha value is -0.130. The molecule has 0 aromatic carbocycles. The molecule has 2 N–H and O–H groups in total. The van der Waals surface area contributed by atoms with Crippen molar-refractivity contribution in [3.05, 3.63) is 0 Å². The summed E-state index contributed by atoms with van der Waals surface area (Å²) in [5.74, 6) is 0.900. The van der Waals surface area contributed by atoms with Crippen LogP contribution in [-0.4, -0.2) is 51.0 Å². The lowest BCUT2D eigenvalue weighted by atomic mass is 10.0. The molecule has 1 aliphatic carbocycles. The highest BCUT2D eigenvalue weighted by Crippen LogP contribution is 2.29. The second kappa shape index (κ2) is 6.71. The molecule has 0 bridgehead atoms. The fraction of sp³-hybridized carbons (Fsp3) is 1.00. The largest absolute Gasteiger partial charge is 0.330 e. The van der Waals surface area contributed by atoms with E-state index in [-0.39, 0.29) is 0 Å². The summed E-state index contributed by atoms with van der Waals surface area (Å²) in [5, 5.41) is 0. The van der Waals surface area contributed by atoms with Crippen LogP contribution in [0.15, 0.2) is 0 Å². The van der Waals surface area contributed by atoms with Gasteiger partial charge in [0.2, 0.25) is 0 Å². The Kier molecular flexibility index (Phi) is 5.89. The molecule has 0 aromatic heterocycles. The monoisotopic (exact) mass is 262 g/mol. The Morgan fingerprint density at radius 3 is 2.59 bits per heavy atom. The number of sulfone groups is 1. The maximum atomic E-state index is 11.1. The summed E-state index contributed by atoms with van der Waals surface area (Å²) in [6.07, 6.45) is 5.75. The highest BCUT2D eigenvalue weighted by molar-refractivity contribution is 7.90. The molecule has 2 unspecified atom stereocenters. The Bertz CT molecular complexity index is 316. The van der Waals surface area contributed by atoms with Crippen molar-refractivity contribution >= 4 is 9.84 Å². The van der Waals surface area contributed by atoms with E-state index in [1.54, 1.807) is 0 Å². The number of nitrogens with two attached hydrogens (primary N) is 1. The molecule has 1 fully saturated rings. The molecule has 4 nitrogen and oxygen atoms in total. The van der Waals surface area contributed by atoms with Crippen LogP contribution in [0.1, 0.15) is 32.6 Å². The zero-order valence-corrected chi connectivity index (χ0v) is 11.9. The molecule has 0 spiro atoms. The summed E-state index contributed by atoms with van der Waals surface area (Å²) in [4.78, 5) is 2.41. The van der Waals surface area contributed by atoms with Gasteiger partial charge in [0.05, 0.1) is 5.75 Å². The fourth-order valence-electron chi connectivity index (χ4n) is 2.86. The van der Waals surface area contributed by atoms with Crippen molar-refractivity contribution in [3.8, 4) is 0 Å². The summed E-state index contributed by atoms with van der Waals surface area (Å²) < 4.78 is 22.2. The summed E-state index contributed by atoms with van der Waals surface area (Å²) in [6.45, 7) is 4.77. The molecule has 0 radical (unpaired) electrons. The highest BCUT2D eigenvalue weighted by atomic mass is 32.2. The van der Waals surface area contributed by atoms with Crippen molar-refractivity contribution in [3.63, 3.8) is 0 Å². The van der Waals surface area contributed by atoms with Crippen molar-refractivity contribution in [2.45, 2.75) is 38.6 Å². The van der Waals surface area contributed by atoms with Gasteiger partial charge in [0.25, 0.3) is 0 Å². The molecule has 0 aliphatic heterocycles. The smallest absolute Gasteiger partial charge is 0.147 e. The normalized spacial score (nSPS) is 25.6. The molecule has 102 valence electrons. The van der Waals surface area contributed by atoms with Crippen LogP contribution in [0.2, 0.25) is 0 Å². The van der Waals surface area contributed by atoms with Crippen molar-refractivity contribution in [1.29, 1.82) is 0 Å². The summed E-state index contributed by atoms with van der Waals surface area (Å²) in [6, 6.07) is 0.574. The quantitative estimate of drug-likeness (QED) is 0.739. The van der Waals surface area contributed by atoms with E-state index in [0.717, 1.165) is 26.1 Å². The minimum absolute atomic E-state index is 0.295. The Balaban J connectivity index is 2.42. The van der Waals surface area contributed by atoms with Gasteiger partial charge in [-0.1, -0.05) is 13.3 Å². The van der Waals surface area contributed by atoms with Crippen LogP contribution in [0.3, 0.4) is 0 Å². The zero-order chi connectivity index (χ0) is 12.9. The number of hydrogen-bond donors (Lipinski definition) is 1. The van der Waals surface area contributed by atoms with Crippen LogP contribution in [0, 0.1) is 5.92 Å². The van der Waals surface area contributed by atoms with Gasteiger partial charge in [0.15, 0.2) is 0 Å². The van der Waals surface area contributed by atoms with Crippen molar-refractivity contribution in [2.24, 2.45) is 11.7 Å². The van der Waals surface area contributed by atoms with Gasteiger partial charge in [-0.15, -0.1) is 0 Å². The predicted molar refractivity (Wildman–Crippen MR) is 71.8 cm³/mol. The van der Waals surface area contributed by atoms with E-state index in [9.17, 15) is 8.42 Å². The number of hydrogen-bond acceptors (Lipinski definition) is 4. The van der Waals surface area contributed by atoms with Crippen molar-refractivity contribution in [1.82, 2.24) is 4.90 Å².